The topological polar surface area (TPSA) is 64.7 Å². The Kier molecular flexibility index (Phi) is 5.74. The molecular formula is C40H24N4O. The van der Waals surface area contributed by atoms with E-state index in [-0.39, 0.29) is 0 Å². The number of fused-ring (bicyclic) bond motifs is 5. The molecule has 210 valence electrons. The highest BCUT2D eigenvalue weighted by Crippen LogP contribution is 2.37. The number of benzene rings is 6. The van der Waals surface area contributed by atoms with Crippen LogP contribution in [0.2, 0.25) is 0 Å². The van der Waals surface area contributed by atoms with Gasteiger partial charge in [0.1, 0.15) is 5.58 Å². The van der Waals surface area contributed by atoms with Crippen molar-refractivity contribution in [3.05, 3.63) is 146 Å². The zero-order valence-corrected chi connectivity index (χ0v) is 24.1. The van der Waals surface area contributed by atoms with E-state index in [2.05, 4.69) is 78.9 Å². The second-order valence-electron chi connectivity index (χ2n) is 11.1. The Morgan fingerprint density at radius 1 is 0.400 bits per heavy atom. The van der Waals surface area contributed by atoms with Crippen molar-refractivity contribution in [1.29, 1.82) is 0 Å². The van der Waals surface area contributed by atoms with Crippen LogP contribution in [0.3, 0.4) is 0 Å². The first kappa shape index (κ1) is 25.3. The van der Waals surface area contributed by atoms with Gasteiger partial charge in [-0.05, 0) is 46.2 Å². The van der Waals surface area contributed by atoms with Gasteiger partial charge in [0.15, 0.2) is 17.5 Å². The predicted molar refractivity (Wildman–Crippen MR) is 182 cm³/mol. The third-order valence-corrected chi connectivity index (χ3v) is 8.33. The summed E-state index contributed by atoms with van der Waals surface area (Å²) in [5, 5.41) is 5.37. The van der Waals surface area contributed by atoms with Gasteiger partial charge in [-0.2, -0.15) is 0 Å². The van der Waals surface area contributed by atoms with Crippen LogP contribution in [-0.2, 0) is 0 Å². The lowest BCUT2D eigenvalue weighted by molar-refractivity contribution is 0.656. The second kappa shape index (κ2) is 10.2. The van der Waals surface area contributed by atoms with Crippen LogP contribution in [0, 0.1) is 0 Å². The van der Waals surface area contributed by atoms with E-state index >= 15 is 0 Å². The SMILES string of the molecule is c1ccc(-c2nc(-c3ccc(-c4ccc5ccccc5c4)cc3)nc(-c3cccc4oc5nc6ccccc6cc5c34)n2)cc1. The average Bonchev–Trinajstić information content (AvgIpc) is 3.48. The number of nitrogens with zero attached hydrogens (tertiary/aromatic N) is 4. The lowest BCUT2D eigenvalue weighted by atomic mass is 10.00. The summed E-state index contributed by atoms with van der Waals surface area (Å²) < 4.78 is 6.25. The third-order valence-electron chi connectivity index (χ3n) is 8.33. The summed E-state index contributed by atoms with van der Waals surface area (Å²) in [4.78, 5) is 19.8. The van der Waals surface area contributed by atoms with Gasteiger partial charge in [-0.15, -0.1) is 0 Å². The van der Waals surface area contributed by atoms with Gasteiger partial charge in [0.2, 0.25) is 5.71 Å². The Morgan fingerprint density at radius 3 is 1.87 bits per heavy atom. The van der Waals surface area contributed by atoms with Crippen LogP contribution in [0.5, 0.6) is 0 Å². The van der Waals surface area contributed by atoms with Crippen molar-refractivity contribution in [2.75, 3.05) is 0 Å². The van der Waals surface area contributed by atoms with Crippen molar-refractivity contribution >= 4 is 43.7 Å². The Hall–Kier alpha value is -6.20. The maximum atomic E-state index is 6.25. The molecule has 0 saturated carbocycles. The van der Waals surface area contributed by atoms with Gasteiger partial charge < -0.3 is 4.42 Å². The maximum absolute atomic E-state index is 6.25. The smallest absolute Gasteiger partial charge is 0.227 e. The third kappa shape index (κ3) is 4.41. The van der Waals surface area contributed by atoms with E-state index in [1.54, 1.807) is 0 Å². The van der Waals surface area contributed by atoms with Crippen molar-refractivity contribution in [3.63, 3.8) is 0 Å². The molecule has 45 heavy (non-hydrogen) atoms. The summed E-state index contributed by atoms with van der Waals surface area (Å²) in [6.45, 7) is 0. The van der Waals surface area contributed by atoms with Crippen LogP contribution in [0.1, 0.15) is 0 Å². The highest BCUT2D eigenvalue weighted by Gasteiger charge is 2.19. The first-order valence-corrected chi connectivity index (χ1v) is 14.9. The van der Waals surface area contributed by atoms with Gasteiger partial charge in [-0.25, -0.2) is 19.9 Å². The molecule has 0 aliphatic heterocycles. The first-order chi connectivity index (χ1) is 22.3. The summed E-state index contributed by atoms with van der Waals surface area (Å²) in [5.41, 5.74) is 7.25. The van der Waals surface area contributed by atoms with Gasteiger partial charge in [0.05, 0.1) is 5.52 Å². The van der Waals surface area contributed by atoms with E-state index in [0.29, 0.717) is 23.2 Å². The maximum Gasteiger partial charge on any atom is 0.227 e. The van der Waals surface area contributed by atoms with Gasteiger partial charge >= 0.3 is 0 Å². The molecule has 5 nitrogen and oxygen atoms in total. The number of rotatable bonds is 4. The first-order valence-electron chi connectivity index (χ1n) is 14.9. The van der Waals surface area contributed by atoms with E-state index in [1.807, 2.05) is 66.7 Å². The van der Waals surface area contributed by atoms with Gasteiger partial charge in [-0.1, -0.05) is 121 Å². The highest BCUT2D eigenvalue weighted by molar-refractivity contribution is 6.13. The number of para-hydroxylation sites is 1. The second-order valence-corrected chi connectivity index (χ2v) is 11.1. The van der Waals surface area contributed by atoms with Crippen molar-refractivity contribution in [2.45, 2.75) is 0 Å². The van der Waals surface area contributed by atoms with Gasteiger partial charge in [-0.3, -0.25) is 0 Å². The molecule has 0 unspecified atom stereocenters. The summed E-state index contributed by atoms with van der Waals surface area (Å²) in [6, 6.07) is 49.7. The number of furan rings is 1. The Balaban J connectivity index is 1.21. The summed E-state index contributed by atoms with van der Waals surface area (Å²) in [5.74, 6) is 1.80. The van der Waals surface area contributed by atoms with Crippen molar-refractivity contribution < 1.29 is 4.42 Å². The molecule has 3 heterocycles. The van der Waals surface area contributed by atoms with E-state index in [0.717, 1.165) is 49.5 Å². The van der Waals surface area contributed by atoms with Crippen LogP contribution >= 0.6 is 0 Å². The molecule has 0 fully saturated rings. The van der Waals surface area contributed by atoms with E-state index in [9.17, 15) is 0 Å². The molecule has 6 aromatic carbocycles. The molecule has 3 aromatic heterocycles. The molecule has 0 N–H and O–H groups in total. The minimum Gasteiger partial charge on any atom is -0.438 e. The molecule has 0 aliphatic carbocycles. The molecule has 0 radical (unpaired) electrons. The largest absolute Gasteiger partial charge is 0.438 e. The molecule has 5 heteroatoms. The minimum atomic E-state index is 0.582. The number of aromatic nitrogens is 4. The fraction of sp³-hybridized carbons (Fsp3) is 0. The lowest BCUT2D eigenvalue weighted by Gasteiger charge is -2.10. The van der Waals surface area contributed by atoms with Crippen LogP contribution in [0.25, 0.3) is 89.0 Å². The van der Waals surface area contributed by atoms with Crippen molar-refractivity contribution in [3.8, 4) is 45.3 Å². The summed E-state index contributed by atoms with van der Waals surface area (Å²) in [7, 11) is 0. The molecule has 0 atom stereocenters. The van der Waals surface area contributed by atoms with Crippen LogP contribution in [0.15, 0.2) is 150 Å². The quantitative estimate of drug-likeness (QED) is 0.209. The van der Waals surface area contributed by atoms with Crippen molar-refractivity contribution in [2.24, 2.45) is 0 Å². The fourth-order valence-corrected chi connectivity index (χ4v) is 6.06. The zero-order valence-electron chi connectivity index (χ0n) is 24.1. The monoisotopic (exact) mass is 576 g/mol. The zero-order chi connectivity index (χ0) is 29.7. The predicted octanol–water partition coefficient (Wildman–Crippen LogP) is 10.1. The molecule has 0 bridgehead atoms. The van der Waals surface area contributed by atoms with Crippen molar-refractivity contribution in [1.82, 2.24) is 19.9 Å². The minimum absolute atomic E-state index is 0.582. The molecule has 0 aliphatic rings. The van der Waals surface area contributed by atoms with E-state index in [4.69, 9.17) is 24.4 Å². The summed E-state index contributed by atoms with van der Waals surface area (Å²) >= 11 is 0. The normalized spacial score (nSPS) is 11.6. The molecule has 0 amide bonds. The van der Waals surface area contributed by atoms with E-state index in [1.165, 1.54) is 16.3 Å². The van der Waals surface area contributed by atoms with Crippen LogP contribution in [-0.4, -0.2) is 19.9 Å². The standard InChI is InChI=1S/C40H24N4O/c1-2-10-27(11-3-1)37-42-38(28-20-17-26(18-21-28)30-22-19-25-9-4-5-12-29(25)23-30)44-39(43-37)32-14-8-16-35-36(32)33-24-31-13-6-7-15-34(31)41-40(33)45-35/h1-24H. The average molecular weight is 577 g/mol. The molecule has 0 spiro atoms. The molecule has 9 rings (SSSR count). The van der Waals surface area contributed by atoms with Crippen LogP contribution in [0.4, 0.5) is 0 Å². The molecule has 0 saturated heterocycles. The van der Waals surface area contributed by atoms with Gasteiger partial charge in [0, 0.05) is 32.8 Å². The Labute approximate surface area is 258 Å². The number of hydrogen-bond donors (Lipinski definition) is 0. The van der Waals surface area contributed by atoms with Gasteiger partial charge in [0.25, 0.3) is 0 Å². The number of pyridine rings is 1. The lowest BCUT2D eigenvalue weighted by Crippen LogP contribution is -2.00. The summed E-state index contributed by atoms with van der Waals surface area (Å²) in [6.07, 6.45) is 0. The molecular weight excluding hydrogens is 552 g/mol. The number of hydrogen-bond acceptors (Lipinski definition) is 5. The Morgan fingerprint density at radius 2 is 1.04 bits per heavy atom. The Bertz CT molecular complexity index is 2540. The highest BCUT2D eigenvalue weighted by atomic mass is 16.3. The van der Waals surface area contributed by atoms with E-state index < -0.39 is 0 Å². The molecule has 9 aromatic rings. The van der Waals surface area contributed by atoms with Crippen LogP contribution < -0.4 is 0 Å². The fourth-order valence-electron chi connectivity index (χ4n) is 6.06.